The van der Waals surface area contributed by atoms with E-state index in [0.717, 1.165) is 13.0 Å². The third kappa shape index (κ3) is 2.08. The third-order valence-electron chi connectivity index (χ3n) is 4.55. The summed E-state index contributed by atoms with van der Waals surface area (Å²) < 4.78 is 5.76. The van der Waals surface area contributed by atoms with Crippen LogP contribution in [0.15, 0.2) is 0 Å². The number of carbonyl (C=O) groups excluding carboxylic acids is 1. The lowest BCUT2D eigenvalue weighted by Crippen LogP contribution is -2.68. The quantitative estimate of drug-likeness (QED) is 0.755. The molecule has 3 N–H and O–H groups in total. The fraction of sp³-hybridized carbons (Fsp3) is 0.923. The number of nitrogens with two attached hydrogens (primary N) is 1. The standard InChI is InChI=1S/C13H24N2O2/c1-3-17-11-7-10(13(11)5-4-6-13)15-12(16)9(2)8-14/h9-11H,3-8,14H2,1-2H3,(H,15,16). The molecule has 2 rings (SSSR count). The van der Waals surface area contributed by atoms with Crippen molar-refractivity contribution in [3.63, 3.8) is 0 Å². The average molecular weight is 240 g/mol. The van der Waals surface area contributed by atoms with Crippen LogP contribution in [0.5, 0.6) is 0 Å². The van der Waals surface area contributed by atoms with Gasteiger partial charge in [0.2, 0.25) is 5.91 Å². The van der Waals surface area contributed by atoms with Crippen LogP contribution in [-0.2, 0) is 9.53 Å². The van der Waals surface area contributed by atoms with E-state index in [1.54, 1.807) is 0 Å². The van der Waals surface area contributed by atoms with Crippen LogP contribution in [0.25, 0.3) is 0 Å². The van der Waals surface area contributed by atoms with Gasteiger partial charge in [-0.2, -0.15) is 0 Å². The Bertz CT molecular complexity index is 289. The van der Waals surface area contributed by atoms with Crippen molar-refractivity contribution in [2.75, 3.05) is 13.2 Å². The predicted octanol–water partition coefficient (Wildman–Crippen LogP) is 1.05. The Morgan fingerprint density at radius 1 is 1.59 bits per heavy atom. The minimum Gasteiger partial charge on any atom is -0.378 e. The summed E-state index contributed by atoms with van der Waals surface area (Å²) in [7, 11) is 0. The van der Waals surface area contributed by atoms with E-state index >= 15 is 0 Å². The highest BCUT2D eigenvalue weighted by Crippen LogP contribution is 2.57. The molecule has 98 valence electrons. The molecule has 3 atom stereocenters. The molecule has 0 radical (unpaired) electrons. The molecule has 0 saturated heterocycles. The summed E-state index contributed by atoms with van der Waals surface area (Å²) in [4.78, 5) is 11.8. The first-order valence-electron chi connectivity index (χ1n) is 6.76. The highest BCUT2D eigenvalue weighted by atomic mass is 16.5. The van der Waals surface area contributed by atoms with Crippen LogP contribution < -0.4 is 11.1 Å². The zero-order valence-corrected chi connectivity index (χ0v) is 10.9. The highest BCUT2D eigenvalue weighted by molar-refractivity contribution is 5.79. The van der Waals surface area contributed by atoms with E-state index in [4.69, 9.17) is 10.5 Å². The molecular weight excluding hydrogens is 216 g/mol. The van der Waals surface area contributed by atoms with Gasteiger partial charge in [-0.1, -0.05) is 13.3 Å². The number of nitrogens with one attached hydrogen (secondary N) is 1. The van der Waals surface area contributed by atoms with Crippen molar-refractivity contribution < 1.29 is 9.53 Å². The second-order valence-electron chi connectivity index (χ2n) is 5.46. The first-order chi connectivity index (χ1) is 8.14. The third-order valence-corrected chi connectivity index (χ3v) is 4.55. The highest BCUT2D eigenvalue weighted by Gasteiger charge is 2.59. The summed E-state index contributed by atoms with van der Waals surface area (Å²) in [6.45, 7) is 5.10. The largest absolute Gasteiger partial charge is 0.378 e. The summed E-state index contributed by atoms with van der Waals surface area (Å²) in [5.41, 5.74) is 5.76. The minimum absolute atomic E-state index is 0.0849. The van der Waals surface area contributed by atoms with Crippen LogP contribution in [0, 0.1) is 11.3 Å². The van der Waals surface area contributed by atoms with Crippen molar-refractivity contribution in [1.82, 2.24) is 5.32 Å². The molecule has 2 aliphatic rings. The molecule has 0 aromatic carbocycles. The van der Waals surface area contributed by atoms with Crippen molar-refractivity contribution in [2.45, 2.75) is 51.7 Å². The van der Waals surface area contributed by atoms with Gasteiger partial charge < -0.3 is 15.8 Å². The lowest BCUT2D eigenvalue weighted by Gasteiger charge is -2.61. The normalized spacial score (nSPS) is 31.5. The summed E-state index contributed by atoms with van der Waals surface area (Å²) in [5.74, 6) is 0.0111. The molecule has 0 aliphatic heterocycles. The van der Waals surface area contributed by atoms with Gasteiger partial charge in [0.05, 0.1) is 6.10 Å². The van der Waals surface area contributed by atoms with Crippen molar-refractivity contribution in [1.29, 1.82) is 0 Å². The lowest BCUT2D eigenvalue weighted by atomic mass is 9.51. The molecule has 4 nitrogen and oxygen atoms in total. The molecular formula is C13H24N2O2. The molecule has 1 amide bonds. The lowest BCUT2D eigenvalue weighted by molar-refractivity contribution is -0.176. The first kappa shape index (κ1) is 12.8. The fourth-order valence-corrected chi connectivity index (χ4v) is 3.06. The zero-order valence-electron chi connectivity index (χ0n) is 10.9. The molecule has 0 heterocycles. The van der Waals surface area contributed by atoms with Gasteiger partial charge in [0.15, 0.2) is 0 Å². The number of rotatable bonds is 5. The first-order valence-corrected chi connectivity index (χ1v) is 6.76. The van der Waals surface area contributed by atoms with Crippen molar-refractivity contribution in [2.24, 2.45) is 17.1 Å². The Labute approximate surface area is 103 Å². The number of carbonyl (C=O) groups is 1. The van der Waals surface area contributed by atoms with Crippen molar-refractivity contribution in [3.8, 4) is 0 Å². The smallest absolute Gasteiger partial charge is 0.224 e. The van der Waals surface area contributed by atoms with E-state index in [2.05, 4.69) is 5.32 Å². The van der Waals surface area contributed by atoms with Crippen LogP contribution in [-0.4, -0.2) is 31.2 Å². The Balaban J connectivity index is 1.89. The van der Waals surface area contributed by atoms with Gasteiger partial charge in [-0.25, -0.2) is 0 Å². The maximum absolute atomic E-state index is 11.8. The van der Waals surface area contributed by atoms with E-state index in [0.29, 0.717) is 18.7 Å². The number of amides is 1. The summed E-state index contributed by atoms with van der Waals surface area (Å²) in [6, 6.07) is 0.314. The van der Waals surface area contributed by atoms with Gasteiger partial charge in [-0.3, -0.25) is 4.79 Å². The molecule has 17 heavy (non-hydrogen) atoms. The molecule has 2 fully saturated rings. The van der Waals surface area contributed by atoms with Gasteiger partial charge in [0, 0.05) is 30.5 Å². The number of ether oxygens (including phenoxy) is 1. The summed E-state index contributed by atoms with van der Waals surface area (Å²) in [6.07, 6.45) is 4.98. The van der Waals surface area contributed by atoms with Gasteiger partial charge >= 0.3 is 0 Å². The maximum Gasteiger partial charge on any atom is 0.224 e. The second-order valence-corrected chi connectivity index (χ2v) is 5.46. The van der Waals surface area contributed by atoms with E-state index in [1.807, 2.05) is 13.8 Å². The predicted molar refractivity (Wildman–Crippen MR) is 66.5 cm³/mol. The maximum atomic E-state index is 11.8. The van der Waals surface area contributed by atoms with Gasteiger partial charge in [0.1, 0.15) is 0 Å². The minimum atomic E-state index is -0.0849. The van der Waals surface area contributed by atoms with Crippen molar-refractivity contribution >= 4 is 5.91 Å². The van der Waals surface area contributed by atoms with Crippen LogP contribution in [0.2, 0.25) is 0 Å². The topological polar surface area (TPSA) is 64.3 Å². The molecule has 0 aromatic rings. The Morgan fingerprint density at radius 2 is 2.29 bits per heavy atom. The number of hydrogen-bond acceptors (Lipinski definition) is 3. The van der Waals surface area contributed by atoms with Crippen LogP contribution >= 0.6 is 0 Å². The zero-order chi connectivity index (χ0) is 12.5. The van der Waals surface area contributed by atoms with E-state index in [1.165, 1.54) is 19.3 Å². The summed E-state index contributed by atoms with van der Waals surface area (Å²) >= 11 is 0. The molecule has 3 unspecified atom stereocenters. The van der Waals surface area contributed by atoms with Gasteiger partial charge in [-0.05, 0) is 26.2 Å². The van der Waals surface area contributed by atoms with E-state index in [-0.39, 0.29) is 17.2 Å². The fourth-order valence-electron chi connectivity index (χ4n) is 3.06. The molecule has 4 heteroatoms. The van der Waals surface area contributed by atoms with Crippen LogP contribution in [0.4, 0.5) is 0 Å². The Hall–Kier alpha value is -0.610. The van der Waals surface area contributed by atoms with Crippen LogP contribution in [0.3, 0.4) is 0 Å². The molecule has 1 spiro atoms. The van der Waals surface area contributed by atoms with E-state index < -0.39 is 0 Å². The van der Waals surface area contributed by atoms with Gasteiger partial charge in [0.25, 0.3) is 0 Å². The Morgan fingerprint density at radius 3 is 2.76 bits per heavy atom. The van der Waals surface area contributed by atoms with E-state index in [9.17, 15) is 4.79 Å². The van der Waals surface area contributed by atoms with Crippen LogP contribution in [0.1, 0.15) is 39.5 Å². The SMILES string of the molecule is CCOC1CC(NC(=O)C(C)CN)C12CCC2. The molecule has 0 aromatic heterocycles. The monoisotopic (exact) mass is 240 g/mol. The Kier molecular flexibility index (Phi) is 3.73. The number of hydrogen-bond donors (Lipinski definition) is 2. The summed E-state index contributed by atoms with van der Waals surface area (Å²) in [5, 5.41) is 3.15. The molecule has 0 bridgehead atoms. The van der Waals surface area contributed by atoms with Crippen molar-refractivity contribution in [3.05, 3.63) is 0 Å². The molecule has 2 saturated carbocycles. The molecule has 2 aliphatic carbocycles. The average Bonchev–Trinajstić information content (AvgIpc) is 2.23. The van der Waals surface area contributed by atoms with Gasteiger partial charge in [-0.15, -0.1) is 0 Å². The second kappa shape index (κ2) is 4.94.